The zero-order valence-electron chi connectivity index (χ0n) is 14.6. The largest absolute Gasteiger partial charge is 0.339 e. The summed E-state index contributed by atoms with van der Waals surface area (Å²) in [6.45, 7) is 1.85. The first kappa shape index (κ1) is 19.4. The van der Waals surface area contributed by atoms with Crippen LogP contribution in [0.2, 0.25) is 5.02 Å². The van der Waals surface area contributed by atoms with E-state index >= 15 is 0 Å². The quantitative estimate of drug-likeness (QED) is 0.783. The molecule has 1 aromatic carbocycles. The van der Waals surface area contributed by atoms with Gasteiger partial charge in [0, 0.05) is 23.7 Å². The van der Waals surface area contributed by atoms with Crippen LogP contribution in [0.15, 0.2) is 30.3 Å². The fraction of sp³-hybridized carbons (Fsp3) is 0.353. The van der Waals surface area contributed by atoms with Crippen molar-refractivity contribution < 1.29 is 18.0 Å². The van der Waals surface area contributed by atoms with Gasteiger partial charge >= 0.3 is 0 Å². The predicted octanol–water partition coefficient (Wildman–Crippen LogP) is 1.11. The first-order valence-corrected chi connectivity index (χ1v) is 10.6. The molecule has 1 fully saturated rings. The van der Waals surface area contributed by atoms with Gasteiger partial charge in [0.2, 0.25) is 5.91 Å². The van der Waals surface area contributed by atoms with E-state index < -0.39 is 21.8 Å². The molecule has 2 aromatic rings. The van der Waals surface area contributed by atoms with Gasteiger partial charge < -0.3 is 10.2 Å². The summed E-state index contributed by atoms with van der Waals surface area (Å²) in [6, 6.07) is 7.87. The number of nitrogens with one attached hydrogen (secondary N) is 2. The lowest BCUT2D eigenvalue weighted by atomic mass is 10.1. The van der Waals surface area contributed by atoms with Crippen molar-refractivity contribution >= 4 is 33.3 Å². The maximum absolute atomic E-state index is 12.4. The van der Waals surface area contributed by atoms with Gasteiger partial charge in [-0.2, -0.15) is 5.10 Å². The third-order valence-electron chi connectivity index (χ3n) is 4.32. The van der Waals surface area contributed by atoms with Gasteiger partial charge in [-0.25, -0.2) is 8.42 Å². The van der Waals surface area contributed by atoms with Crippen molar-refractivity contribution in [2.24, 2.45) is 0 Å². The van der Waals surface area contributed by atoms with Crippen molar-refractivity contribution in [3.05, 3.63) is 41.0 Å². The second-order valence-corrected chi connectivity index (χ2v) is 9.09. The molecule has 1 aliphatic rings. The number of carbonyl (C=O) groups excluding carboxylic acids is 2. The minimum absolute atomic E-state index is 0.0526. The summed E-state index contributed by atoms with van der Waals surface area (Å²) in [6.07, 6.45) is 0. The van der Waals surface area contributed by atoms with Crippen LogP contribution in [0.3, 0.4) is 0 Å². The van der Waals surface area contributed by atoms with Crippen LogP contribution < -0.4 is 5.32 Å². The third kappa shape index (κ3) is 4.67. The van der Waals surface area contributed by atoms with E-state index in [0.29, 0.717) is 10.7 Å². The molecule has 0 bridgehead atoms. The first-order valence-electron chi connectivity index (χ1n) is 8.36. The van der Waals surface area contributed by atoms with Gasteiger partial charge in [-0.05, 0) is 25.1 Å². The van der Waals surface area contributed by atoms with Gasteiger partial charge in [0.25, 0.3) is 5.91 Å². The Labute approximate surface area is 161 Å². The molecule has 8 nitrogen and oxygen atoms in total. The van der Waals surface area contributed by atoms with Crippen LogP contribution in [-0.4, -0.2) is 66.0 Å². The Morgan fingerprint density at radius 3 is 2.63 bits per heavy atom. The van der Waals surface area contributed by atoms with Crippen LogP contribution in [0, 0.1) is 0 Å². The van der Waals surface area contributed by atoms with E-state index in [1.807, 2.05) is 6.07 Å². The van der Waals surface area contributed by atoms with Crippen molar-refractivity contribution in [1.82, 2.24) is 20.4 Å². The maximum atomic E-state index is 12.4. The summed E-state index contributed by atoms with van der Waals surface area (Å²) in [7, 11) is -3.07. The number of carbonyl (C=O) groups is 2. The second kappa shape index (κ2) is 7.69. The molecule has 2 amide bonds. The lowest BCUT2D eigenvalue weighted by molar-refractivity contribution is -0.132. The molecule has 2 N–H and O–H groups in total. The molecule has 0 spiro atoms. The average Bonchev–Trinajstić information content (AvgIpc) is 3.11. The van der Waals surface area contributed by atoms with Crippen LogP contribution in [0.5, 0.6) is 0 Å². The highest BCUT2D eigenvalue weighted by atomic mass is 35.5. The van der Waals surface area contributed by atoms with E-state index in [2.05, 4.69) is 15.5 Å². The number of sulfone groups is 1. The number of hydrogen-bond acceptors (Lipinski definition) is 5. The molecule has 1 unspecified atom stereocenters. The topological polar surface area (TPSA) is 112 Å². The molecular weight excluding hydrogens is 392 g/mol. The lowest BCUT2D eigenvalue weighted by Crippen LogP contribution is -2.51. The van der Waals surface area contributed by atoms with Crippen molar-refractivity contribution in [1.29, 1.82) is 0 Å². The van der Waals surface area contributed by atoms with E-state index in [9.17, 15) is 18.0 Å². The number of aromatic nitrogens is 2. The molecule has 144 valence electrons. The number of hydrogen-bond donors (Lipinski definition) is 2. The summed E-state index contributed by atoms with van der Waals surface area (Å²) >= 11 is 5.96. The van der Waals surface area contributed by atoms with Gasteiger partial charge in [-0.15, -0.1) is 0 Å². The van der Waals surface area contributed by atoms with Crippen molar-refractivity contribution in [2.75, 3.05) is 24.6 Å². The minimum Gasteiger partial charge on any atom is -0.339 e. The fourth-order valence-electron chi connectivity index (χ4n) is 2.78. The molecule has 2 heterocycles. The standard InChI is InChI=1S/C17H19ClN4O4S/c1-11(17(24)22-5-7-27(25,26)8-6-22)19-16(23)15-10-14(20-21-15)12-3-2-4-13(18)9-12/h2-4,9-11H,5-8H2,1H3,(H,19,23)(H,20,21). The molecule has 0 radical (unpaired) electrons. The zero-order chi connectivity index (χ0) is 19.6. The van der Waals surface area contributed by atoms with E-state index in [1.54, 1.807) is 31.2 Å². The van der Waals surface area contributed by atoms with E-state index in [0.717, 1.165) is 5.56 Å². The highest BCUT2D eigenvalue weighted by Gasteiger charge is 2.28. The van der Waals surface area contributed by atoms with Crippen molar-refractivity contribution in [3.63, 3.8) is 0 Å². The first-order chi connectivity index (χ1) is 12.7. The van der Waals surface area contributed by atoms with Gasteiger partial charge in [0.15, 0.2) is 9.84 Å². The second-order valence-electron chi connectivity index (χ2n) is 6.35. The van der Waals surface area contributed by atoms with E-state index in [4.69, 9.17) is 11.6 Å². The molecule has 3 rings (SSSR count). The average molecular weight is 411 g/mol. The van der Waals surface area contributed by atoms with Gasteiger partial charge in [-0.3, -0.25) is 14.7 Å². The molecule has 0 aliphatic carbocycles. The van der Waals surface area contributed by atoms with Crippen LogP contribution in [-0.2, 0) is 14.6 Å². The highest BCUT2D eigenvalue weighted by molar-refractivity contribution is 7.91. The number of benzene rings is 1. The van der Waals surface area contributed by atoms with Crippen molar-refractivity contribution in [2.45, 2.75) is 13.0 Å². The highest BCUT2D eigenvalue weighted by Crippen LogP contribution is 2.21. The molecular formula is C17H19ClN4O4S. The Kier molecular flexibility index (Phi) is 5.52. The fourth-order valence-corrected chi connectivity index (χ4v) is 4.17. The van der Waals surface area contributed by atoms with E-state index in [-0.39, 0.29) is 36.2 Å². The summed E-state index contributed by atoms with van der Waals surface area (Å²) in [5.74, 6) is -0.889. The van der Waals surface area contributed by atoms with Crippen molar-refractivity contribution in [3.8, 4) is 11.3 Å². The lowest BCUT2D eigenvalue weighted by Gasteiger charge is -2.29. The molecule has 1 aliphatic heterocycles. The predicted molar refractivity (Wildman–Crippen MR) is 101 cm³/mol. The number of halogens is 1. The molecule has 0 saturated carbocycles. The number of aromatic amines is 1. The Morgan fingerprint density at radius 2 is 1.96 bits per heavy atom. The zero-order valence-corrected chi connectivity index (χ0v) is 16.2. The Hall–Kier alpha value is -2.39. The summed E-state index contributed by atoms with van der Waals surface area (Å²) < 4.78 is 22.9. The molecule has 1 aromatic heterocycles. The Balaban J connectivity index is 1.62. The summed E-state index contributed by atoms with van der Waals surface area (Å²) in [4.78, 5) is 26.3. The molecule has 27 heavy (non-hydrogen) atoms. The smallest absolute Gasteiger partial charge is 0.269 e. The Morgan fingerprint density at radius 1 is 1.26 bits per heavy atom. The third-order valence-corrected chi connectivity index (χ3v) is 6.16. The van der Waals surface area contributed by atoms with Crippen LogP contribution >= 0.6 is 11.6 Å². The van der Waals surface area contributed by atoms with Crippen LogP contribution in [0.1, 0.15) is 17.4 Å². The minimum atomic E-state index is -3.07. The molecule has 10 heteroatoms. The maximum Gasteiger partial charge on any atom is 0.269 e. The van der Waals surface area contributed by atoms with E-state index in [1.165, 1.54) is 4.90 Å². The molecule has 1 atom stereocenters. The number of nitrogens with zero attached hydrogens (tertiary/aromatic N) is 2. The summed E-state index contributed by atoms with van der Waals surface area (Å²) in [5.41, 5.74) is 1.53. The monoisotopic (exact) mass is 410 g/mol. The number of amides is 2. The summed E-state index contributed by atoms with van der Waals surface area (Å²) in [5, 5.41) is 9.92. The number of rotatable bonds is 4. The Bertz CT molecular complexity index is 959. The molecule has 1 saturated heterocycles. The number of H-pyrrole nitrogens is 1. The SMILES string of the molecule is CC(NC(=O)c1cc(-c2cccc(Cl)c2)n[nH]1)C(=O)N1CCS(=O)(=O)CC1. The normalized spacial score (nSPS) is 17.3. The van der Waals surface area contributed by atoms with Gasteiger partial charge in [0.1, 0.15) is 11.7 Å². The van der Waals surface area contributed by atoms with Crippen LogP contribution in [0.4, 0.5) is 0 Å². The van der Waals surface area contributed by atoms with Crippen LogP contribution in [0.25, 0.3) is 11.3 Å². The van der Waals surface area contributed by atoms with Gasteiger partial charge in [0.05, 0.1) is 17.2 Å². The van der Waals surface area contributed by atoms with Gasteiger partial charge in [-0.1, -0.05) is 23.7 Å².